The van der Waals surface area contributed by atoms with Crippen molar-refractivity contribution in [2.24, 2.45) is 5.92 Å². The van der Waals surface area contributed by atoms with Crippen LogP contribution in [0.3, 0.4) is 0 Å². The van der Waals surface area contributed by atoms with Crippen LogP contribution < -0.4 is 5.32 Å². The third-order valence-electron chi connectivity index (χ3n) is 3.52. The number of piperidine rings is 1. The normalized spacial score (nSPS) is 18.2. The lowest BCUT2D eigenvalue weighted by Crippen LogP contribution is -2.42. The summed E-state index contributed by atoms with van der Waals surface area (Å²) in [7, 11) is 0. The largest absolute Gasteiger partial charge is 0.342 e. The van der Waals surface area contributed by atoms with E-state index in [0.717, 1.165) is 19.4 Å². The van der Waals surface area contributed by atoms with E-state index in [1.54, 1.807) is 29.2 Å². The van der Waals surface area contributed by atoms with Gasteiger partial charge in [0.1, 0.15) is 0 Å². The van der Waals surface area contributed by atoms with Crippen LogP contribution in [0.5, 0.6) is 0 Å². The summed E-state index contributed by atoms with van der Waals surface area (Å²) in [6.07, 6.45) is 1.65. The Hall–Kier alpha value is -2.35. The predicted octanol–water partition coefficient (Wildman–Crippen LogP) is 1.76. The number of nitriles is 1. The quantitative estimate of drug-likeness (QED) is 0.890. The fourth-order valence-corrected chi connectivity index (χ4v) is 2.35. The van der Waals surface area contributed by atoms with Crippen LogP contribution in [0.15, 0.2) is 24.3 Å². The monoisotopic (exact) mass is 271 g/mol. The maximum absolute atomic E-state index is 12.2. The van der Waals surface area contributed by atoms with Crippen LogP contribution in [-0.2, 0) is 9.59 Å². The molecular formula is C15H17N3O2. The SMILES string of the molecule is CC(=O)N1CCCC(C(=O)Nc2ccc(C#N)cc2)C1. The molecule has 1 aromatic rings. The minimum atomic E-state index is -0.164. The summed E-state index contributed by atoms with van der Waals surface area (Å²) in [5, 5.41) is 11.6. The van der Waals surface area contributed by atoms with E-state index in [4.69, 9.17) is 5.26 Å². The van der Waals surface area contributed by atoms with Gasteiger partial charge in [-0.3, -0.25) is 9.59 Å². The molecule has 1 saturated heterocycles. The third-order valence-corrected chi connectivity index (χ3v) is 3.52. The number of amides is 2. The second-order valence-corrected chi connectivity index (χ2v) is 4.98. The van der Waals surface area contributed by atoms with Crippen LogP contribution in [0.2, 0.25) is 0 Å². The minimum Gasteiger partial charge on any atom is -0.342 e. The van der Waals surface area contributed by atoms with Gasteiger partial charge in [0, 0.05) is 25.7 Å². The molecule has 0 radical (unpaired) electrons. The first-order chi connectivity index (χ1) is 9.60. The van der Waals surface area contributed by atoms with Gasteiger partial charge in [0.2, 0.25) is 11.8 Å². The third kappa shape index (κ3) is 3.35. The van der Waals surface area contributed by atoms with Crippen molar-refractivity contribution in [2.75, 3.05) is 18.4 Å². The van der Waals surface area contributed by atoms with Gasteiger partial charge in [-0.1, -0.05) is 0 Å². The smallest absolute Gasteiger partial charge is 0.229 e. The highest BCUT2D eigenvalue weighted by Crippen LogP contribution is 2.19. The lowest BCUT2D eigenvalue weighted by molar-refractivity contribution is -0.132. The van der Waals surface area contributed by atoms with Crippen molar-refractivity contribution in [2.45, 2.75) is 19.8 Å². The Bertz CT molecular complexity index is 545. The van der Waals surface area contributed by atoms with Crippen molar-refractivity contribution in [1.82, 2.24) is 4.90 Å². The summed E-state index contributed by atoms with van der Waals surface area (Å²) >= 11 is 0. The summed E-state index contributed by atoms with van der Waals surface area (Å²) in [6.45, 7) is 2.74. The van der Waals surface area contributed by atoms with Gasteiger partial charge in [-0.15, -0.1) is 0 Å². The lowest BCUT2D eigenvalue weighted by Gasteiger charge is -2.31. The van der Waals surface area contributed by atoms with Crippen molar-refractivity contribution in [3.05, 3.63) is 29.8 Å². The van der Waals surface area contributed by atoms with Crippen LogP contribution in [0.4, 0.5) is 5.69 Å². The molecule has 1 aliphatic heterocycles. The molecule has 0 aliphatic carbocycles. The maximum atomic E-state index is 12.2. The van der Waals surface area contributed by atoms with E-state index in [9.17, 15) is 9.59 Å². The van der Waals surface area contributed by atoms with Crippen molar-refractivity contribution in [1.29, 1.82) is 5.26 Å². The number of nitrogens with one attached hydrogen (secondary N) is 1. The van der Waals surface area contributed by atoms with E-state index in [2.05, 4.69) is 5.32 Å². The molecule has 1 atom stereocenters. The Kier molecular flexibility index (Phi) is 4.36. The first-order valence-electron chi connectivity index (χ1n) is 6.66. The Morgan fingerprint density at radius 2 is 2.05 bits per heavy atom. The second-order valence-electron chi connectivity index (χ2n) is 4.98. The molecule has 2 rings (SSSR count). The van der Waals surface area contributed by atoms with E-state index in [1.807, 2.05) is 6.07 Å². The van der Waals surface area contributed by atoms with Gasteiger partial charge < -0.3 is 10.2 Å². The molecule has 0 bridgehead atoms. The van der Waals surface area contributed by atoms with Crippen LogP contribution in [0.25, 0.3) is 0 Å². The molecule has 1 aliphatic rings. The number of hydrogen-bond donors (Lipinski definition) is 1. The number of carbonyl (C=O) groups excluding carboxylic acids is 2. The van der Waals surface area contributed by atoms with Gasteiger partial charge in [0.25, 0.3) is 0 Å². The number of anilines is 1. The number of rotatable bonds is 2. The summed E-state index contributed by atoms with van der Waals surface area (Å²) in [4.78, 5) is 25.3. The minimum absolute atomic E-state index is 0.0147. The Balaban J connectivity index is 1.97. The number of hydrogen-bond acceptors (Lipinski definition) is 3. The molecule has 20 heavy (non-hydrogen) atoms. The zero-order valence-corrected chi connectivity index (χ0v) is 11.4. The molecule has 1 N–H and O–H groups in total. The highest BCUT2D eigenvalue weighted by atomic mass is 16.2. The second kappa shape index (κ2) is 6.20. The first-order valence-corrected chi connectivity index (χ1v) is 6.66. The van der Waals surface area contributed by atoms with Crippen LogP contribution in [0.1, 0.15) is 25.3 Å². The molecular weight excluding hydrogens is 254 g/mol. The molecule has 1 aromatic carbocycles. The van der Waals surface area contributed by atoms with Gasteiger partial charge in [-0.05, 0) is 37.1 Å². The molecule has 0 aromatic heterocycles. The molecule has 5 nitrogen and oxygen atoms in total. The molecule has 5 heteroatoms. The van der Waals surface area contributed by atoms with E-state index < -0.39 is 0 Å². The van der Waals surface area contributed by atoms with Crippen LogP contribution >= 0.6 is 0 Å². The highest BCUT2D eigenvalue weighted by Gasteiger charge is 2.26. The van der Waals surface area contributed by atoms with Crippen molar-refractivity contribution in [3.63, 3.8) is 0 Å². The zero-order chi connectivity index (χ0) is 14.5. The Morgan fingerprint density at radius 1 is 1.35 bits per heavy atom. The number of nitrogens with zero attached hydrogens (tertiary/aromatic N) is 2. The van der Waals surface area contributed by atoms with E-state index >= 15 is 0 Å². The summed E-state index contributed by atoms with van der Waals surface area (Å²) in [5.41, 5.74) is 1.23. The van der Waals surface area contributed by atoms with Gasteiger partial charge in [-0.2, -0.15) is 5.26 Å². The van der Waals surface area contributed by atoms with E-state index in [-0.39, 0.29) is 17.7 Å². The van der Waals surface area contributed by atoms with Crippen molar-refractivity contribution < 1.29 is 9.59 Å². The number of benzene rings is 1. The average Bonchev–Trinajstić information content (AvgIpc) is 2.48. The van der Waals surface area contributed by atoms with E-state index in [0.29, 0.717) is 17.8 Å². The van der Waals surface area contributed by atoms with Crippen molar-refractivity contribution in [3.8, 4) is 6.07 Å². The van der Waals surface area contributed by atoms with Gasteiger partial charge in [0.15, 0.2) is 0 Å². The standard InChI is InChI=1S/C15H17N3O2/c1-11(19)18-8-2-3-13(10-18)15(20)17-14-6-4-12(9-16)5-7-14/h4-7,13H,2-3,8,10H2,1H3,(H,17,20). The average molecular weight is 271 g/mol. The van der Waals surface area contributed by atoms with Gasteiger partial charge in [-0.25, -0.2) is 0 Å². The molecule has 104 valence electrons. The fraction of sp³-hybridized carbons (Fsp3) is 0.400. The number of likely N-dealkylation sites (tertiary alicyclic amines) is 1. The van der Waals surface area contributed by atoms with Gasteiger partial charge in [0.05, 0.1) is 17.6 Å². The van der Waals surface area contributed by atoms with E-state index in [1.165, 1.54) is 6.92 Å². The number of carbonyl (C=O) groups is 2. The maximum Gasteiger partial charge on any atom is 0.229 e. The summed E-state index contributed by atoms with van der Waals surface area (Å²) in [6, 6.07) is 8.78. The highest BCUT2D eigenvalue weighted by molar-refractivity contribution is 5.93. The summed E-state index contributed by atoms with van der Waals surface area (Å²) < 4.78 is 0. The molecule has 0 spiro atoms. The lowest BCUT2D eigenvalue weighted by atomic mass is 9.97. The van der Waals surface area contributed by atoms with Crippen molar-refractivity contribution >= 4 is 17.5 Å². The molecule has 1 fully saturated rings. The Morgan fingerprint density at radius 3 is 2.65 bits per heavy atom. The molecule has 2 amide bonds. The first kappa shape index (κ1) is 14.1. The molecule has 1 unspecified atom stereocenters. The fourth-order valence-electron chi connectivity index (χ4n) is 2.35. The van der Waals surface area contributed by atoms with Crippen LogP contribution in [-0.4, -0.2) is 29.8 Å². The zero-order valence-electron chi connectivity index (χ0n) is 11.4. The predicted molar refractivity (Wildman–Crippen MR) is 74.8 cm³/mol. The Labute approximate surface area is 118 Å². The van der Waals surface area contributed by atoms with Gasteiger partial charge >= 0.3 is 0 Å². The molecule has 1 heterocycles. The topological polar surface area (TPSA) is 73.2 Å². The summed E-state index contributed by atoms with van der Waals surface area (Å²) in [5.74, 6) is -0.218. The van der Waals surface area contributed by atoms with Crippen LogP contribution in [0, 0.1) is 17.2 Å². The molecule has 0 saturated carbocycles.